The normalized spacial score (nSPS) is 13.7. The summed E-state index contributed by atoms with van der Waals surface area (Å²) in [7, 11) is 0. The maximum atomic E-state index is 12.4. The fourth-order valence-electron chi connectivity index (χ4n) is 2.32. The number of hydrogen-bond donors (Lipinski definition) is 2. The van der Waals surface area contributed by atoms with Crippen LogP contribution in [0.15, 0.2) is 30.6 Å². The van der Waals surface area contributed by atoms with Gasteiger partial charge < -0.3 is 10.6 Å². The van der Waals surface area contributed by atoms with Crippen LogP contribution in [0, 0.1) is 6.92 Å². The molecule has 0 radical (unpaired) electrons. The number of nitrogens with one attached hydrogen (secondary N) is 2. The third kappa shape index (κ3) is 3.24. The van der Waals surface area contributed by atoms with Gasteiger partial charge in [-0.25, -0.2) is 9.97 Å². The SMILES string of the molecule is CCc1cccc(C)c1NC(=O)c1cnc(NC2CC2)nc1. The van der Waals surface area contributed by atoms with Crippen molar-refractivity contribution in [2.24, 2.45) is 0 Å². The lowest BCUT2D eigenvalue weighted by Crippen LogP contribution is -2.15. The zero-order valence-corrected chi connectivity index (χ0v) is 12.9. The number of para-hydroxylation sites is 1. The molecule has 1 aromatic heterocycles. The van der Waals surface area contributed by atoms with E-state index in [2.05, 4.69) is 27.5 Å². The van der Waals surface area contributed by atoms with Crippen LogP contribution in [-0.4, -0.2) is 21.9 Å². The van der Waals surface area contributed by atoms with Gasteiger partial charge >= 0.3 is 0 Å². The minimum absolute atomic E-state index is 0.179. The number of aryl methyl sites for hydroxylation is 2. The van der Waals surface area contributed by atoms with Crippen molar-refractivity contribution >= 4 is 17.5 Å². The molecule has 1 aliphatic carbocycles. The topological polar surface area (TPSA) is 66.9 Å². The monoisotopic (exact) mass is 296 g/mol. The average molecular weight is 296 g/mol. The van der Waals surface area contributed by atoms with Gasteiger partial charge in [0.15, 0.2) is 0 Å². The Balaban J connectivity index is 1.73. The van der Waals surface area contributed by atoms with Gasteiger partial charge in [-0.15, -0.1) is 0 Å². The van der Waals surface area contributed by atoms with E-state index in [1.165, 1.54) is 12.8 Å². The minimum Gasteiger partial charge on any atom is -0.351 e. The van der Waals surface area contributed by atoms with Gasteiger partial charge in [-0.2, -0.15) is 0 Å². The van der Waals surface area contributed by atoms with Gasteiger partial charge in [-0.1, -0.05) is 25.1 Å². The standard InChI is InChI=1S/C17H20N4O/c1-3-12-6-4-5-11(2)15(12)21-16(22)13-9-18-17(19-10-13)20-14-7-8-14/h4-6,9-10,14H,3,7-8H2,1-2H3,(H,21,22)(H,18,19,20). The van der Waals surface area contributed by atoms with Gasteiger partial charge in [0.25, 0.3) is 5.91 Å². The lowest BCUT2D eigenvalue weighted by Gasteiger charge is -2.13. The summed E-state index contributed by atoms with van der Waals surface area (Å²) in [6.45, 7) is 4.07. The summed E-state index contributed by atoms with van der Waals surface area (Å²) in [4.78, 5) is 20.8. The van der Waals surface area contributed by atoms with Gasteiger partial charge in [0.2, 0.25) is 5.95 Å². The molecule has 1 amide bonds. The summed E-state index contributed by atoms with van der Waals surface area (Å²) < 4.78 is 0. The Hall–Kier alpha value is -2.43. The number of hydrogen-bond acceptors (Lipinski definition) is 4. The Morgan fingerprint density at radius 2 is 2.00 bits per heavy atom. The zero-order chi connectivity index (χ0) is 15.5. The van der Waals surface area contributed by atoms with Crippen molar-refractivity contribution in [1.29, 1.82) is 0 Å². The molecule has 1 fully saturated rings. The molecule has 0 bridgehead atoms. The van der Waals surface area contributed by atoms with Crippen LogP contribution < -0.4 is 10.6 Å². The Kier molecular flexibility index (Phi) is 4.04. The molecule has 1 saturated carbocycles. The van der Waals surface area contributed by atoms with E-state index in [4.69, 9.17) is 0 Å². The third-order valence-electron chi connectivity index (χ3n) is 3.80. The molecule has 0 saturated heterocycles. The first-order chi connectivity index (χ1) is 10.7. The fourth-order valence-corrected chi connectivity index (χ4v) is 2.32. The quantitative estimate of drug-likeness (QED) is 0.889. The van der Waals surface area contributed by atoms with Gasteiger partial charge in [0.05, 0.1) is 5.56 Å². The van der Waals surface area contributed by atoms with E-state index in [1.807, 2.05) is 25.1 Å². The number of amides is 1. The number of nitrogens with zero attached hydrogens (tertiary/aromatic N) is 2. The maximum absolute atomic E-state index is 12.4. The van der Waals surface area contributed by atoms with Crippen LogP contribution in [0.3, 0.4) is 0 Å². The van der Waals surface area contributed by atoms with Crippen molar-refractivity contribution in [3.05, 3.63) is 47.3 Å². The number of carbonyl (C=O) groups excluding carboxylic acids is 1. The Bertz CT molecular complexity index is 678. The van der Waals surface area contributed by atoms with Gasteiger partial charge in [-0.05, 0) is 37.3 Å². The Labute approximate surface area is 130 Å². The van der Waals surface area contributed by atoms with E-state index >= 15 is 0 Å². The highest BCUT2D eigenvalue weighted by atomic mass is 16.1. The fraction of sp³-hybridized carbons (Fsp3) is 0.353. The first-order valence-corrected chi connectivity index (χ1v) is 7.65. The molecule has 0 aliphatic heterocycles. The van der Waals surface area contributed by atoms with Crippen molar-refractivity contribution in [1.82, 2.24) is 9.97 Å². The van der Waals surface area contributed by atoms with Crippen LogP contribution >= 0.6 is 0 Å². The maximum Gasteiger partial charge on any atom is 0.258 e. The number of aromatic nitrogens is 2. The summed E-state index contributed by atoms with van der Waals surface area (Å²) in [5, 5.41) is 6.18. The second kappa shape index (κ2) is 6.13. The van der Waals surface area contributed by atoms with E-state index in [1.54, 1.807) is 12.4 Å². The van der Waals surface area contributed by atoms with Crippen molar-refractivity contribution in [3.63, 3.8) is 0 Å². The number of anilines is 2. The average Bonchev–Trinajstić information content (AvgIpc) is 3.34. The molecule has 1 heterocycles. The van der Waals surface area contributed by atoms with E-state index in [-0.39, 0.29) is 5.91 Å². The molecule has 22 heavy (non-hydrogen) atoms. The van der Waals surface area contributed by atoms with Crippen molar-refractivity contribution in [2.45, 2.75) is 39.2 Å². The van der Waals surface area contributed by atoms with E-state index < -0.39 is 0 Å². The summed E-state index contributed by atoms with van der Waals surface area (Å²) >= 11 is 0. The summed E-state index contributed by atoms with van der Waals surface area (Å²) in [6, 6.07) is 6.53. The van der Waals surface area contributed by atoms with Crippen LogP contribution in [0.5, 0.6) is 0 Å². The van der Waals surface area contributed by atoms with Crippen molar-refractivity contribution < 1.29 is 4.79 Å². The third-order valence-corrected chi connectivity index (χ3v) is 3.80. The number of rotatable bonds is 5. The molecular formula is C17H20N4O. The molecular weight excluding hydrogens is 276 g/mol. The van der Waals surface area contributed by atoms with Crippen molar-refractivity contribution in [3.8, 4) is 0 Å². The smallest absolute Gasteiger partial charge is 0.258 e. The number of benzene rings is 1. The van der Waals surface area contributed by atoms with Crippen LogP contribution in [0.4, 0.5) is 11.6 Å². The summed E-state index contributed by atoms with van der Waals surface area (Å²) in [5.41, 5.74) is 3.53. The summed E-state index contributed by atoms with van der Waals surface area (Å²) in [6.07, 6.45) is 6.34. The van der Waals surface area contributed by atoms with Crippen LogP contribution in [0.25, 0.3) is 0 Å². The Morgan fingerprint density at radius 3 is 2.64 bits per heavy atom. The van der Waals surface area contributed by atoms with E-state index in [9.17, 15) is 4.79 Å². The Morgan fingerprint density at radius 1 is 1.27 bits per heavy atom. The first-order valence-electron chi connectivity index (χ1n) is 7.65. The van der Waals surface area contributed by atoms with Crippen LogP contribution in [-0.2, 0) is 6.42 Å². The molecule has 114 valence electrons. The number of carbonyl (C=O) groups is 1. The summed E-state index contributed by atoms with van der Waals surface area (Å²) in [5.74, 6) is 0.408. The molecule has 3 rings (SSSR count). The molecule has 5 heteroatoms. The largest absolute Gasteiger partial charge is 0.351 e. The highest BCUT2D eigenvalue weighted by Gasteiger charge is 2.22. The molecule has 0 atom stereocenters. The van der Waals surface area contributed by atoms with Gasteiger partial charge in [0.1, 0.15) is 0 Å². The lowest BCUT2D eigenvalue weighted by atomic mass is 10.1. The lowest BCUT2D eigenvalue weighted by molar-refractivity contribution is 0.102. The molecule has 0 spiro atoms. The van der Waals surface area contributed by atoms with Crippen LogP contribution in [0.2, 0.25) is 0 Å². The molecule has 2 N–H and O–H groups in total. The second-order valence-corrected chi connectivity index (χ2v) is 5.63. The molecule has 5 nitrogen and oxygen atoms in total. The van der Waals surface area contributed by atoms with Gasteiger partial charge in [0, 0.05) is 24.1 Å². The molecule has 2 aromatic rings. The van der Waals surface area contributed by atoms with Crippen LogP contribution in [0.1, 0.15) is 41.3 Å². The first kappa shape index (κ1) is 14.5. The predicted molar refractivity (Wildman–Crippen MR) is 87.2 cm³/mol. The molecule has 0 unspecified atom stereocenters. The zero-order valence-electron chi connectivity index (χ0n) is 12.9. The second-order valence-electron chi connectivity index (χ2n) is 5.63. The predicted octanol–water partition coefficient (Wildman–Crippen LogP) is 3.17. The molecule has 1 aliphatic rings. The van der Waals surface area contributed by atoms with Crippen molar-refractivity contribution in [2.75, 3.05) is 10.6 Å². The molecule has 1 aromatic carbocycles. The highest BCUT2D eigenvalue weighted by Crippen LogP contribution is 2.23. The van der Waals surface area contributed by atoms with Gasteiger partial charge in [-0.3, -0.25) is 4.79 Å². The highest BCUT2D eigenvalue weighted by molar-refractivity contribution is 6.04. The van der Waals surface area contributed by atoms with E-state index in [0.717, 1.165) is 23.2 Å². The minimum atomic E-state index is -0.179. The van der Waals surface area contributed by atoms with E-state index in [0.29, 0.717) is 17.6 Å².